The lowest BCUT2D eigenvalue weighted by atomic mass is 10.3. The summed E-state index contributed by atoms with van der Waals surface area (Å²) in [5, 5.41) is 11.7. The van der Waals surface area contributed by atoms with Crippen LogP contribution in [0.1, 0.15) is 19.8 Å². The molecule has 1 aromatic rings. The van der Waals surface area contributed by atoms with E-state index in [1.165, 1.54) is 23.0 Å². The van der Waals surface area contributed by atoms with Crippen LogP contribution < -0.4 is 5.32 Å². The van der Waals surface area contributed by atoms with Crippen LogP contribution in [0, 0.1) is 0 Å². The molecule has 1 amide bonds. The fourth-order valence-electron chi connectivity index (χ4n) is 0.975. The van der Waals surface area contributed by atoms with E-state index in [0.717, 1.165) is 12.8 Å². The summed E-state index contributed by atoms with van der Waals surface area (Å²) in [6, 6.07) is 1.27. The predicted molar refractivity (Wildman–Crippen MR) is 49.8 cm³/mol. The van der Waals surface area contributed by atoms with Crippen LogP contribution in [0.5, 0.6) is 5.75 Å². The molecule has 0 spiro atoms. The lowest BCUT2D eigenvalue weighted by Crippen LogP contribution is -2.28. The first-order valence-corrected chi connectivity index (χ1v) is 4.39. The second-order valence-electron chi connectivity index (χ2n) is 2.86. The zero-order valence-corrected chi connectivity index (χ0v) is 7.66. The van der Waals surface area contributed by atoms with E-state index in [1.807, 2.05) is 0 Å². The van der Waals surface area contributed by atoms with Gasteiger partial charge in [0.1, 0.15) is 5.75 Å². The zero-order valence-electron chi connectivity index (χ0n) is 7.66. The third-order valence-electron chi connectivity index (χ3n) is 1.72. The summed E-state index contributed by atoms with van der Waals surface area (Å²) in [5.41, 5.74) is 0. The fourth-order valence-corrected chi connectivity index (χ4v) is 0.975. The predicted octanol–water partition coefficient (Wildman–Crippen LogP) is 1.55. The number of unbranched alkanes of at least 4 members (excludes halogenated alkanes) is 1. The Kier molecular flexibility index (Phi) is 3.37. The lowest BCUT2D eigenvalue weighted by molar-refractivity contribution is 0.242. The van der Waals surface area contributed by atoms with Gasteiger partial charge in [-0.1, -0.05) is 13.3 Å². The van der Waals surface area contributed by atoms with Gasteiger partial charge in [0.05, 0.1) is 6.20 Å². The van der Waals surface area contributed by atoms with E-state index in [9.17, 15) is 4.79 Å². The SMILES string of the molecule is CCCCNC(=O)n1ccc(O)c1. The summed E-state index contributed by atoms with van der Waals surface area (Å²) in [5.74, 6) is 0.102. The number of hydrogen-bond acceptors (Lipinski definition) is 2. The molecular formula is C9H14N2O2. The number of hydrogen-bond donors (Lipinski definition) is 2. The van der Waals surface area contributed by atoms with E-state index in [0.29, 0.717) is 6.54 Å². The minimum atomic E-state index is -0.200. The van der Waals surface area contributed by atoms with Gasteiger partial charge in [0.2, 0.25) is 0 Å². The third-order valence-corrected chi connectivity index (χ3v) is 1.72. The van der Waals surface area contributed by atoms with Crippen LogP contribution in [0.3, 0.4) is 0 Å². The number of aromatic hydroxyl groups is 1. The molecule has 0 aromatic carbocycles. The zero-order chi connectivity index (χ0) is 9.68. The van der Waals surface area contributed by atoms with Crippen molar-refractivity contribution in [3.8, 4) is 5.75 Å². The molecule has 1 heterocycles. The minimum absolute atomic E-state index is 0.102. The molecular weight excluding hydrogens is 168 g/mol. The molecule has 0 aliphatic heterocycles. The second kappa shape index (κ2) is 4.54. The highest BCUT2D eigenvalue weighted by Crippen LogP contribution is 2.06. The molecule has 0 fully saturated rings. The smallest absolute Gasteiger partial charge is 0.325 e. The van der Waals surface area contributed by atoms with Crippen molar-refractivity contribution in [3.63, 3.8) is 0 Å². The highest BCUT2D eigenvalue weighted by atomic mass is 16.3. The summed E-state index contributed by atoms with van der Waals surface area (Å²) in [4.78, 5) is 11.3. The molecule has 0 bridgehead atoms. The monoisotopic (exact) mass is 182 g/mol. The number of nitrogens with one attached hydrogen (secondary N) is 1. The Labute approximate surface area is 77.2 Å². The standard InChI is InChI=1S/C9H14N2O2/c1-2-3-5-10-9(13)11-6-4-8(12)7-11/h4,6-7,12H,2-3,5H2,1H3,(H,10,13). The lowest BCUT2D eigenvalue weighted by Gasteiger charge is -2.03. The van der Waals surface area contributed by atoms with E-state index in [1.54, 1.807) is 0 Å². The summed E-state index contributed by atoms with van der Waals surface area (Å²) in [7, 11) is 0. The van der Waals surface area contributed by atoms with Gasteiger partial charge in [-0.15, -0.1) is 0 Å². The molecule has 1 rings (SSSR count). The van der Waals surface area contributed by atoms with Crippen molar-refractivity contribution in [3.05, 3.63) is 18.5 Å². The van der Waals surface area contributed by atoms with Gasteiger partial charge < -0.3 is 10.4 Å². The van der Waals surface area contributed by atoms with Crippen molar-refractivity contribution in [1.29, 1.82) is 0 Å². The van der Waals surface area contributed by atoms with Crippen LogP contribution in [-0.2, 0) is 0 Å². The minimum Gasteiger partial charge on any atom is -0.506 e. The Balaban J connectivity index is 2.40. The van der Waals surface area contributed by atoms with E-state index >= 15 is 0 Å². The third kappa shape index (κ3) is 2.82. The van der Waals surface area contributed by atoms with Gasteiger partial charge in [-0.05, 0) is 12.5 Å². The average molecular weight is 182 g/mol. The number of nitrogens with zero attached hydrogens (tertiary/aromatic N) is 1. The molecule has 0 aliphatic rings. The van der Waals surface area contributed by atoms with E-state index in [4.69, 9.17) is 5.11 Å². The Bertz CT molecular complexity index is 281. The number of aromatic nitrogens is 1. The van der Waals surface area contributed by atoms with Gasteiger partial charge in [0.15, 0.2) is 0 Å². The molecule has 4 nitrogen and oxygen atoms in total. The second-order valence-corrected chi connectivity index (χ2v) is 2.86. The normalized spacial score (nSPS) is 9.92. The van der Waals surface area contributed by atoms with Crippen molar-refractivity contribution >= 4 is 6.03 Å². The molecule has 0 saturated heterocycles. The first-order valence-electron chi connectivity index (χ1n) is 4.39. The first kappa shape index (κ1) is 9.64. The molecule has 0 radical (unpaired) electrons. The van der Waals surface area contributed by atoms with Crippen LogP contribution in [0.4, 0.5) is 4.79 Å². The van der Waals surface area contributed by atoms with E-state index in [-0.39, 0.29) is 11.8 Å². The molecule has 1 aromatic heterocycles. The van der Waals surface area contributed by atoms with Gasteiger partial charge in [-0.3, -0.25) is 4.57 Å². The van der Waals surface area contributed by atoms with Crippen LogP contribution in [0.2, 0.25) is 0 Å². The number of carbonyl (C=O) groups is 1. The fraction of sp³-hybridized carbons (Fsp3) is 0.444. The largest absolute Gasteiger partial charge is 0.506 e. The van der Waals surface area contributed by atoms with E-state index in [2.05, 4.69) is 12.2 Å². The molecule has 0 saturated carbocycles. The van der Waals surface area contributed by atoms with Crippen molar-refractivity contribution < 1.29 is 9.90 Å². The maximum absolute atomic E-state index is 11.3. The summed E-state index contributed by atoms with van der Waals surface area (Å²) < 4.78 is 1.32. The molecule has 2 N–H and O–H groups in total. The van der Waals surface area contributed by atoms with Gasteiger partial charge in [-0.25, -0.2) is 4.79 Å². The van der Waals surface area contributed by atoms with Crippen LogP contribution >= 0.6 is 0 Å². The van der Waals surface area contributed by atoms with Crippen LogP contribution in [0.15, 0.2) is 18.5 Å². The molecule has 0 aliphatic carbocycles. The number of rotatable bonds is 3. The quantitative estimate of drug-likeness (QED) is 0.697. The highest BCUT2D eigenvalue weighted by Gasteiger charge is 2.02. The van der Waals surface area contributed by atoms with E-state index < -0.39 is 0 Å². The van der Waals surface area contributed by atoms with Crippen molar-refractivity contribution in [2.45, 2.75) is 19.8 Å². The number of amides is 1. The maximum atomic E-state index is 11.3. The summed E-state index contributed by atoms with van der Waals surface area (Å²) in [6.45, 7) is 2.74. The van der Waals surface area contributed by atoms with Crippen LogP contribution in [-0.4, -0.2) is 22.2 Å². The molecule has 4 heteroatoms. The van der Waals surface area contributed by atoms with Crippen molar-refractivity contribution in [2.24, 2.45) is 0 Å². The van der Waals surface area contributed by atoms with Gasteiger partial charge >= 0.3 is 6.03 Å². The Morgan fingerprint density at radius 3 is 3.00 bits per heavy atom. The van der Waals surface area contributed by atoms with Gasteiger partial charge in [0.25, 0.3) is 0 Å². The van der Waals surface area contributed by atoms with Crippen molar-refractivity contribution in [2.75, 3.05) is 6.54 Å². The molecule has 0 atom stereocenters. The summed E-state index contributed by atoms with van der Waals surface area (Å²) >= 11 is 0. The Morgan fingerprint density at radius 2 is 2.46 bits per heavy atom. The highest BCUT2D eigenvalue weighted by molar-refractivity contribution is 5.77. The topological polar surface area (TPSA) is 54.3 Å². The average Bonchev–Trinajstić information content (AvgIpc) is 2.52. The van der Waals surface area contributed by atoms with Gasteiger partial charge in [0, 0.05) is 12.7 Å². The Morgan fingerprint density at radius 1 is 1.69 bits per heavy atom. The molecule has 0 unspecified atom stereocenters. The molecule has 13 heavy (non-hydrogen) atoms. The van der Waals surface area contributed by atoms with Crippen molar-refractivity contribution in [1.82, 2.24) is 9.88 Å². The maximum Gasteiger partial charge on any atom is 0.325 e. The molecule has 72 valence electrons. The summed E-state index contributed by atoms with van der Waals surface area (Å²) in [6.07, 6.45) is 4.92. The first-order chi connectivity index (χ1) is 6.24. The van der Waals surface area contributed by atoms with Crippen LogP contribution in [0.25, 0.3) is 0 Å². The Hall–Kier alpha value is -1.45. The number of carbonyl (C=O) groups excluding carboxylic acids is 1. The van der Waals surface area contributed by atoms with Gasteiger partial charge in [-0.2, -0.15) is 0 Å².